The molecule has 7 heteroatoms. The number of nitrogens with one attached hydrogen (secondary N) is 1. The quantitative estimate of drug-likeness (QED) is 0.707. The summed E-state index contributed by atoms with van der Waals surface area (Å²) in [6.07, 6.45) is 0.513. The molecule has 152 valence electrons. The molecule has 3 rings (SSSR count). The summed E-state index contributed by atoms with van der Waals surface area (Å²) in [5.74, 6) is 0.664. The lowest BCUT2D eigenvalue weighted by atomic mass is 10.1. The van der Waals surface area contributed by atoms with Gasteiger partial charge in [-0.15, -0.1) is 0 Å². The van der Waals surface area contributed by atoms with Crippen molar-refractivity contribution in [3.8, 4) is 5.75 Å². The van der Waals surface area contributed by atoms with E-state index < -0.39 is 10.0 Å². The van der Waals surface area contributed by atoms with Crippen molar-refractivity contribution >= 4 is 10.0 Å². The molecule has 1 aliphatic heterocycles. The van der Waals surface area contributed by atoms with Crippen molar-refractivity contribution in [2.24, 2.45) is 0 Å². The Labute approximate surface area is 167 Å². The van der Waals surface area contributed by atoms with Crippen molar-refractivity contribution in [1.29, 1.82) is 0 Å². The molecule has 1 atom stereocenters. The number of likely N-dealkylation sites (tertiary alicyclic amines) is 1. The van der Waals surface area contributed by atoms with E-state index in [0.717, 1.165) is 24.1 Å². The summed E-state index contributed by atoms with van der Waals surface area (Å²) in [5.41, 5.74) is 2.66. The van der Waals surface area contributed by atoms with Gasteiger partial charge in [-0.05, 0) is 55.2 Å². The summed E-state index contributed by atoms with van der Waals surface area (Å²) in [5, 5.41) is 9.72. The molecule has 1 unspecified atom stereocenters. The highest BCUT2D eigenvalue weighted by Gasteiger charge is 2.22. The number of aliphatic hydroxyl groups excluding tert-OH is 1. The number of hydrogen-bond acceptors (Lipinski definition) is 5. The number of sulfonamides is 1. The molecule has 0 saturated carbocycles. The summed E-state index contributed by atoms with van der Waals surface area (Å²) in [4.78, 5) is 2.45. The molecule has 0 aromatic heterocycles. The fraction of sp³-hybridized carbons (Fsp3) is 0.429. The summed E-state index contributed by atoms with van der Waals surface area (Å²) in [6.45, 7) is 6.64. The number of nitrogens with zero attached hydrogens (tertiary/aromatic N) is 1. The van der Waals surface area contributed by atoms with Gasteiger partial charge in [0.05, 0.1) is 17.6 Å². The van der Waals surface area contributed by atoms with Crippen LogP contribution >= 0.6 is 0 Å². The van der Waals surface area contributed by atoms with Crippen LogP contribution in [0.5, 0.6) is 5.75 Å². The predicted molar refractivity (Wildman–Crippen MR) is 109 cm³/mol. The Hall–Kier alpha value is -1.93. The van der Waals surface area contributed by atoms with E-state index in [9.17, 15) is 13.5 Å². The number of β-amino-alcohol motifs (C(OH)–C–C–N with tert-alkyl or cyclic N) is 1. The summed E-state index contributed by atoms with van der Waals surface area (Å²) in [6, 6.07) is 12.8. The van der Waals surface area contributed by atoms with Crippen LogP contribution in [0.4, 0.5) is 0 Å². The maximum atomic E-state index is 12.8. The number of ether oxygens (including phenoxy) is 1. The maximum absolute atomic E-state index is 12.8. The van der Waals surface area contributed by atoms with Crippen molar-refractivity contribution in [3.63, 3.8) is 0 Å². The number of hydrogen-bond donors (Lipinski definition) is 2. The third-order valence-corrected chi connectivity index (χ3v) is 6.52. The van der Waals surface area contributed by atoms with Gasteiger partial charge in [0, 0.05) is 26.2 Å². The van der Waals surface area contributed by atoms with Crippen molar-refractivity contribution in [3.05, 3.63) is 59.2 Å². The van der Waals surface area contributed by atoms with Crippen LogP contribution < -0.4 is 9.46 Å². The molecule has 28 heavy (non-hydrogen) atoms. The Balaban J connectivity index is 1.71. The second-order valence-electron chi connectivity index (χ2n) is 7.13. The highest BCUT2D eigenvalue weighted by atomic mass is 32.2. The standard InChI is InChI=1S/C21H28N2O4S/c1-3-27-20-8-9-21(16(2)12-20)28(25,26)22-13-17-6-4-5-7-18(17)14-23-11-10-19(24)15-23/h4-9,12,19,22,24H,3,10-11,13-15H2,1-2H3. The van der Waals surface area contributed by atoms with E-state index in [-0.39, 0.29) is 17.5 Å². The Morgan fingerprint density at radius 2 is 1.96 bits per heavy atom. The van der Waals surface area contributed by atoms with Gasteiger partial charge in [-0.2, -0.15) is 0 Å². The first-order chi connectivity index (χ1) is 13.4. The smallest absolute Gasteiger partial charge is 0.241 e. The third kappa shape index (κ3) is 5.11. The van der Waals surface area contributed by atoms with Crippen molar-refractivity contribution < 1.29 is 18.3 Å². The highest BCUT2D eigenvalue weighted by Crippen LogP contribution is 2.22. The van der Waals surface area contributed by atoms with Crippen molar-refractivity contribution in [2.45, 2.75) is 44.4 Å². The van der Waals surface area contributed by atoms with Crippen molar-refractivity contribution in [2.75, 3.05) is 19.7 Å². The number of benzene rings is 2. The fourth-order valence-electron chi connectivity index (χ4n) is 3.51. The molecule has 2 aromatic carbocycles. The molecule has 1 aliphatic rings. The zero-order valence-electron chi connectivity index (χ0n) is 16.4. The average molecular weight is 405 g/mol. The maximum Gasteiger partial charge on any atom is 0.241 e. The van der Waals surface area contributed by atoms with E-state index in [0.29, 0.717) is 31.0 Å². The molecule has 0 amide bonds. The van der Waals surface area contributed by atoms with Gasteiger partial charge < -0.3 is 9.84 Å². The van der Waals surface area contributed by atoms with Gasteiger partial charge >= 0.3 is 0 Å². The van der Waals surface area contributed by atoms with Gasteiger partial charge in [0.15, 0.2) is 0 Å². The molecule has 0 aliphatic carbocycles. The van der Waals surface area contributed by atoms with E-state index in [1.54, 1.807) is 25.1 Å². The predicted octanol–water partition coefficient (Wildman–Crippen LogP) is 2.44. The lowest BCUT2D eigenvalue weighted by molar-refractivity contribution is 0.174. The molecule has 0 radical (unpaired) electrons. The SMILES string of the molecule is CCOc1ccc(S(=O)(=O)NCc2ccccc2CN2CCC(O)C2)c(C)c1. The second kappa shape index (κ2) is 9.05. The van der Waals surface area contributed by atoms with Gasteiger partial charge in [0.25, 0.3) is 0 Å². The highest BCUT2D eigenvalue weighted by molar-refractivity contribution is 7.89. The zero-order valence-corrected chi connectivity index (χ0v) is 17.2. The first kappa shape index (κ1) is 20.8. The van der Waals surface area contributed by atoms with E-state index in [4.69, 9.17) is 4.74 Å². The zero-order chi connectivity index (χ0) is 20.1. The molecule has 0 spiro atoms. The van der Waals surface area contributed by atoms with Crippen LogP contribution in [0.2, 0.25) is 0 Å². The first-order valence-electron chi connectivity index (χ1n) is 9.59. The van der Waals surface area contributed by atoms with Crippen LogP contribution in [0, 0.1) is 6.92 Å². The first-order valence-corrected chi connectivity index (χ1v) is 11.1. The van der Waals surface area contributed by atoms with E-state index >= 15 is 0 Å². The van der Waals surface area contributed by atoms with Gasteiger partial charge in [0.2, 0.25) is 10.0 Å². The van der Waals surface area contributed by atoms with E-state index in [1.807, 2.05) is 31.2 Å². The Morgan fingerprint density at radius 3 is 2.61 bits per heavy atom. The van der Waals surface area contributed by atoms with Gasteiger partial charge in [-0.25, -0.2) is 13.1 Å². The van der Waals surface area contributed by atoms with Crippen LogP contribution in [0.15, 0.2) is 47.4 Å². The minimum atomic E-state index is -3.63. The Morgan fingerprint density at radius 1 is 1.21 bits per heavy atom. The minimum absolute atomic E-state index is 0.224. The second-order valence-corrected chi connectivity index (χ2v) is 8.87. The summed E-state index contributed by atoms with van der Waals surface area (Å²) >= 11 is 0. The molecular formula is C21H28N2O4S. The van der Waals surface area contributed by atoms with E-state index in [2.05, 4.69) is 9.62 Å². The molecule has 2 N–H and O–H groups in total. The molecule has 1 saturated heterocycles. The number of aliphatic hydroxyl groups is 1. The number of aryl methyl sites for hydroxylation is 1. The number of rotatable bonds is 8. The third-order valence-electron chi connectivity index (χ3n) is 4.96. The van der Waals surface area contributed by atoms with Gasteiger partial charge in [-0.1, -0.05) is 24.3 Å². The lowest BCUT2D eigenvalue weighted by Gasteiger charge is -2.18. The summed E-state index contributed by atoms with van der Waals surface area (Å²) < 4.78 is 33.8. The van der Waals surface area contributed by atoms with Crippen LogP contribution in [-0.4, -0.2) is 44.2 Å². The topological polar surface area (TPSA) is 78.9 Å². The minimum Gasteiger partial charge on any atom is -0.494 e. The molecule has 6 nitrogen and oxygen atoms in total. The monoisotopic (exact) mass is 404 g/mol. The van der Waals surface area contributed by atoms with Crippen LogP contribution in [0.3, 0.4) is 0 Å². The van der Waals surface area contributed by atoms with E-state index in [1.165, 1.54) is 0 Å². The molecular weight excluding hydrogens is 376 g/mol. The summed E-state index contributed by atoms with van der Waals surface area (Å²) in [7, 11) is -3.63. The molecule has 2 aromatic rings. The Kier molecular flexibility index (Phi) is 6.72. The Bertz CT molecular complexity index is 914. The molecule has 0 bridgehead atoms. The van der Waals surface area contributed by atoms with Gasteiger partial charge in [0.1, 0.15) is 5.75 Å². The van der Waals surface area contributed by atoms with Crippen LogP contribution in [0.1, 0.15) is 30.0 Å². The van der Waals surface area contributed by atoms with Crippen LogP contribution in [0.25, 0.3) is 0 Å². The molecule has 1 heterocycles. The van der Waals surface area contributed by atoms with Crippen LogP contribution in [-0.2, 0) is 23.1 Å². The fourth-order valence-corrected chi connectivity index (χ4v) is 4.74. The molecule has 1 fully saturated rings. The average Bonchev–Trinajstić information content (AvgIpc) is 3.06. The largest absolute Gasteiger partial charge is 0.494 e. The van der Waals surface area contributed by atoms with Crippen molar-refractivity contribution in [1.82, 2.24) is 9.62 Å². The normalized spacial score (nSPS) is 17.8. The lowest BCUT2D eigenvalue weighted by Crippen LogP contribution is -2.26. The van der Waals surface area contributed by atoms with Gasteiger partial charge in [-0.3, -0.25) is 4.90 Å².